The van der Waals surface area contributed by atoms with Gasteiger partial charge >= 0.3 is 0 Å². The van der Waals surface area contributed by atoms with Crippen molar-refractivity contribution in [1.29, 1.82) is 0 Å². The molecule has 0 atom stereocenters. The monoisotopic (exact) mass is 387 g/mol. The van der Waals surface area contributed by atoms with Crippen molar-refractivity contribution in [3.8, 4) is 5.75 Å². The van der Waals surface area contributed by atoms with Gasteiger partial charge in [-0.3, -0.25) is 4.79 Å². The van der Waals surface area contributed by atoms with Crippen molar-refractivity contribution in [3.05, 3.63) is 35.2 Å². The molecule has 1 amide bonds. The van der Waals surface area contributed by atoms with Crippen molar-refractivity contribution in [2.45, 2.75) is 31.8 Å². The molecular weight excluding hydrogens is 366 g/mol. The summed E-state index contributed by atoms with van der Waals surface area (Å²) in [6.07, 6.45) is 4.86. The summed E-state index contributed by atoms with van der Waals surface area (Å²) in [4.78, 5) is 20.8. The lowest BCUT2D eigenvalue weighted by Crippen LogP contribution is -2.15. The minimum Gasteiger partial charge on any atom is -0.488 e. The van der Waals surface area contributed by atoms with Crippen molar-refractivity contribution in [3.63, 3.8) is 0 Å². The maximum absolute atomic E-state index is 12.7. The fourth-order valence-corrected chi connectivity index (χ4v) is 5.10. The molecule has 2 aromatic heterocycles. The molecular formula is C19H21N3O2S2. The van der Waals surface area contributed by atoms with E-state index in [1.165, 1.54) is 24.2 Å². The molecule has 0 unspecified atom stereocenters. The molecule has 1 aliphatic carbocycles. The highest BCUT2D eigenvalue weighted by Crippen LogP contribution is 2.35. The molecule has 1 N–H and O–H groups in total. The second-order valence-electron chi connectivity index (χ2n) is 6.65. The summed E-state index contributed by atoms with van der Waals surface area (Å²) >= 11 is 3.02. The Morgan fingerprint density at radius 1 is 1.23 bits per heavy atom. The summed E-state index contributed by atoms with van der Waals surface area (Å²) in [7, 11) is 3.94. The number of fused-ring (bicyclic) bond motifs is 1. The highest BCUT2D eigenvalue weighted by molar-refractivity contribution is 7.29. The van der Waals surface area contributed by atoms with Gasteiger partial charge in [0.2, 0.25) is 0 Å². The van der Waals surface area contributed by atoms with Gasteiger partial charge in [-0.15, -0.1) is 11.3 Å². The number of carbonyl (C=O) groups excluding carboxylic acids is 1. The van der Waals surface area contributed by atoms with Gasteiger partial charge in [0.05, 0.1) is 21.4 Å². The lowest BCUT2D eigenvalue weighted by atomic mass is 10.2. The van der Waals surface area contributed by atoms with Crippen molar-refractivity contribution < 1.29 is 9.53 Å². The molecule has 1 aliphatic rings. The topological polar surface area (TPSA) is 54.5 Å². The fraction of sp³-hybridized carbons (Fsp3) is 0.368. The van der Waals surface area contributed by atoms with Crippen molar-refractivity contribution in [1.82, 2.24) is 4.98 Å². The Morgan fingerprint density at radius 3 is 2.73 bits per heavy atom. The average molecular weight is 388 g/mol. The first-order chi connectivity index (χ1) is 12.6. The van der Waals surface area contributed by atoms with E-state index in [9.17, 15) is 4.79 Å². The van der Waals surface area contributed by atoms with E-state index < -0.39 is 0 Å². The van der Waals surface area contributed by atoms with Gasteiger partial charge in [-0.25, -0.2) is 4.98 Å². The van der Waals surface area contributed by atoms with Crippen LogP contribution in [0.3, 0.4) is 0 Å². The molecule has 26 heavy (non-hydrogen) atoms. The summed E-state index contributed by atoms with van der Waals surface area (Å²) < 4.78 is 7.14. The van der Waals surface area contributed by atoms with Crippen LogP contribution in [-0.4, -0.2) is 31.1 Å². The quantitative estimate of drug-likeness (QED) is 0.669. The molecule has 0 bridgehead atoms. The summed E-state index contributed by atoms with van der Waals surface area (Å²) in [5.74, 6) is 0.633. The van der Waals surface area contributed by atoms with E-state index in [4.69, 9.17) is 4.74 Å². The van der Waals surface area contributed by atoms with Gasteiger partial charge in [-0.1, -0.05) is 23.5 Å². The fourth-order valence-electron chi connectivity index (χ4n) is 3.07. The summed E-state index contributed by atoms with van der Waals surface area (Å²) in [5, 5.41) is 3.95. The number of thiophene rings is 1. The zero-order valence-electron chi connectivity index (χ0n) is 14.8. The number of para-hydroxylation sites is 2. The van der Waals surface area contributed by atoms with Gasteiger partial charge in [0.15, 0.2) is 5.13 Å². The number of rotatable bonds is 5. The molecule has 0 aliphatic heterocycles. The number of anilines is 2. The Hall–Kier alpha value is -2.12. The van der Waals surface area contributed by atoms with E-state index in [1.807, 2.05) is 49.3 Å². The third kappa shape index (κ3) is 3.54. The number of benzene rings is 1. The number of hydrogen-bond acceptors (Lipinski definition) is 6. The number of nitrogens with one attached hydrogen (secondary N) is 1. The van der Waals surface area contributed by atoms with Crippen LogP contribution in [0.4, 0.5) is 10.8 Å². The Bertz CT molecular complexity index is 894. The van der Waals surface area contributed by atoms with E-state index >= 15 is 0 Å². The molecule has 0 radical (unpaired) electrons. The number of carbonyl (C=O) groups is 1. The third-order valence-electron chi connectivity index (χ3n) is 4.42. The van der Waals surface area contributed by atoms with Crippen molar-refractivity contribution in [2.75, 3.05) is 24.3 Å². The minimum absolute atomic E-state index is 0.117. The minimum atomic E-state index is -0.117. The Morgan fingerprint density at radius 2 is 2.00 bits per heavy atom. The van der Waals surface area contributed by atoms with Crippen LogP contribution in [-0.2, 0) is 0 Å². The molecule has 3 aromatic rings. The Balaban J connectivity index is 1.51. The molecule has 1 saturated carbocycles. The van der Waals surface area contributed by atoms with Gasteiger partial charge in [0.25, 0.3) is 5.91 Å². The number of thiazole rings is 1. The van der Waals surface area contributed by atoms with Crippen LogP contribution >= 0.6 is 22.7 Å². The molecule has 2 heterocycles. The first kappa shape index (κ1) is 17.3. The molecule has 4 rings (SSSR count). The second-order valence-corrected chi connectivity index (χ2v) is 8.69. The van der Waals surface area contributed by atoms with Gasteiger partial charge < -0.3 is 15.0 Å². The standard InChI is InChI=1S/C19H21N3O2S2/c1-22(2)19-21-18-16(26-19)11-15(25-18)17(23)20-13-9-5-6-10-14(13)24-12-7-3-4-8-12/h5-6,9-12H,3-4,7-8H2,1-2H3,(H,20,23). The Labute approximate surface area is 160 Å². The van der Waals surface area contributed by atoms with E-state index in [2.05, 4.69) is 10.3 Å². The van der Waals surface area contributed by atoms with Crippen LogP contribution in [0.5, 0.6) is 5.75 Å². The zero-order valence-corrected chi connectivity index (χ0v) is 16.5. The smallest absolute Gasteiger partial charge is 0.265 e. The first-order valence-corrected chi connectivity index (χ1v) is 10.4. The molecule has 7 heteroatoms. The highest BCUT2D eigenvalue weighted by Gasteiger charge is 2.20. The number of amides is 1. The highest BCUT2D eigenvalue weighted by atomic mass is 32.1. The summed E-state index contributed by atoms with van der Waals surface area (Å²) in [5.41, 5.74) is 0.725. The molecule has 0 saturated heterocycles. The maximum atomic E-state index is 12.7. The molecule has 1 fully saturated rings. The number of hydrogen-bond donors (Lipinski definition) is 1. The lowest BCUT2D eigenvalue weighted by Gasteiger charge is -2.16. The zero-order chi connectivity index (χ0) is 18.1. The predicted octanol–water partition coefficient (Wildman–Crippen LogP) is 5.00. The number of ether oxygens (including phenoxy) is 1. The number of nitrogens with zero attached hydrogens (tertiary/aromatic N) is 2. The van der Waals surface area contributed by atoms with E-state index in [-0.39, 0.29) is 12.0 Å². The van der Waals surface area contributed by atoms with Crippen LogP contribution in [0.1, 0.15) is 35.4 Å². The predicted molar refractivity (Wildman–Crippen MR) is 109 cm³/mol. The van der Waals surface area contributed by atoms with Gasteiger partial charge in [-0.05, 0) is 43.9 Å². The van der Waals surface area contributed by atoms with Gasteiger partial charge in [0.1, 0.15) is 10.6 Å². The number of aromatic nitrogens is 1. The van der Waals surface area contributed by atoms with Crippen LogP contribution in [0.15, 0.2) is 30.3 Å². The Kier molecular flexibility index (Phi) is 4.82. The van der Waals surface area contributed by atoms with Crippen LogP contribution in [0, 0.1) is 0 Å². The first-order valence-electron chi connectivity index (χ1n) is 8.75. The molecule has 136 valence electrons. The normalized spacial score (nSPS) is 14.7. The third-order valence-corrected chi connectivity index (χ3v) is 6.74. The van der Waals surface area contributed by atoms with Gasteiger partial charge in [-0.2, -0.15) is 0 Å². The molecule has 0 spiro atoms. The van der Waals surface area contributed by atoms with Gasteiger partial charge in [0, 0.05) is 14.1 Å². The molecule has 1 aromatic carbocycles. The van der Waals surface area contributed by atoms with E-state index in [0.29, 0.717) is 4.88 Å². The average Bonchev–Trinajstić information content (AvgIpc) is 3.32. The summed E-state index contributed by atoms with van der Waals surface area (Å²) in [6, 6.07) is 9.58. The van der Waals surface area contributed by atoms with Crippen LogP contribution < -0.4 is 15.0 Å². The van der Waals surface area contributed by atoms with E-state index in [1.54, 1.807) is 11.3 Å². The summed E-state index contributed by atoms with van der Waals surface area (Å²) in [6.45, 7) is 0. The lowest BCUT2D eigenvalue weighted by molar-refractivity contribution is 0.102. The second kappa shape index (κ2) is 7.25. The van der Waals surface area contributed by atoms with Crippen LogP contribution in [0.25, 0.3) is 9.53 Å². The largest absolute Gasteiger partial charge is 0.488 e. The maximum Gasteiger partial charge on any atom is 0.265 e. The SMILES string of the molecule is CN(C)c1nc2sc(C(=O)Nc3ccccc3OC3CCCC3)cc2s1. The van der Waals surface area contributed by atoms with Crippen molar-refractivity contribution >= 4 is 48.9 Å². The molecule has 5 nitrogen and oxygen atoms in total. The van der Waals surface area contributed by atoms with E-state index in [0.717, 1.165) is 38.9 Å². The van der Waals surface area contributed by atoms with Crippen molar-refractivity contribution in [2.24, 2.45) is 0 Å². The van der Waals surface area contributed by atoms with Crippen LogP contribution in [0.2, 0.25) is 0 Å².